The summed E-state index contributed by atoms with van der Waals surface area (Å²) in [6.45, 7) is 0. The first-order valence-electron chi connectivity index (χ1n) is 8.48. The number of nitrogens with zero attached hydrogens (tertiary/aromatic N) is 2. The number of hydrogen-bond donors (Lipinski definition) is 3. The third-order valence-corrected chi connectivity index (χ3v) is 5.05. The largest absolute Gasteiger partial charge is 0.383 e. The molecule has 0 radical (unpaired) electrons. The van der Waals surface area contributed by atoms with Crippen molar-refractivity contribution in [3.8, 4) is 0 Å². The van der Waals surface area contributed by atoms with Crippen molar-refractivity contribution < 1.29 is 14.0 Å². The number of nitrogens with two attached hydrogens (primary N) is 1. The van der Waals surface area contributed by atoms with E-state index in [4.69, 9.17) is 5.73 Å². The van der Waals surface area contributed by atoms with Crippen LogP contribution in [0.5, 0.6) is 0 Å². The first-order valence-corrected chi connectivity index (χ1v) is 9.36. The van der Waals surface area contributed by atoms with Gasteiger partial charge in [-0.2, -0.15) is 0 Å². The molecular formula is C20H14FN5O2S. The Balaban J connectivity index is 1.47. The fourth-order valence-electron chi connectivity index (χ4n) is 2.74. The number of carbonyl (C=O) groups excluding carboxylic acids is 2. The molecule has 0 atom stereocenters. The zero-order chi connectivity index (χ0) is 20.4. The summed E-state index contributed by atoms with van der Waals surface area (Å²) >= 11 is 1.31. The van der Waals surface area contributed by atoms with Crippen LogP contribution in [0.2, 0.25) is 0 Å². The van der Waals surface area contributed by atoms with Gasteiger partial charge in [-0.25, -0.2) is 14.4 Å². The van der Waals surface area contributed by atoms with E-state index in [2.05, 4.69) is 20.6 Å². The molecule has 0 saturated carbocycles. The average Bonchev–Trinajstić information content (AvgIpc) is 3.15. The van der Waals surface area contributed by atoms with Crippen LogP contribution in [0.4, 0.5) is 21.6 Å². The zero-order valence-electron chi connectivity index (χ0n) is 14.8. The normalized spacial score (nSPS) is 10.7. The molecule has 0 spiro atoms. The van der Waals surface area contributed by atoms with Gasteiger partial charge in [-0.15, -0.1) is 11.3 Å². The quantitative estimate of drug-likeness (QED) is 0.475. The molecular weight excluding hydrogens is 393 g/mol. The number of carbonyl (C=O) groups is 2. The lowest BCUT2D eigenvalue weighted by molar-refractivity contribution is 0.101. The molecule has 4 rings (SSSR count). The standard InChI is InChI=1S/C20H14FN5O2S/c21-15-4-2-1-3-13(15)18(27)25-11-5-7-12(8-6-11)26-19(28)14-9-29-20-16(14)17(22)23-10-24-20/h1-10H,(H,25,27)(H,26,28)(H2,22,23,24). The maximum absolute atomic E-state index is 13.7. The van der Waals surface area contributed by atoms with Crippen molar-refractivity contribution >= 4 is 50.6 Å². The molecule has 2 aromatic carbocycles. The smallest absolute Gasteiger partial charge is 0.258 e. The minimum absolute atomic E-state index is 0.0472. The average molecular weight is 407 g/mol. The minimum Gasteiger partial charge on any atom is -0.383 e. The molecule has 0 aliphatic carbocycles. The van der Waals surface area contributed by atoms with E-state index in [1.807, 2.05) is 0 Å². The van der Waals surface area contributed by atoms with Gasteiger partial charge in [-0.1, -0.05) is 12.1 Å². The van der Waals surface area contributed by atoms with Crippen LogP contribution in [-0.4, -0.2) is 21.8 Å². The van der Waals surface area contributed by atoms with E-state index in [9.17, 15) is 14.0 Å². The summed E-state index contributed by atoms with van der Waals surface area (Å²) in [5.41, 5.74) is 7.20. The number of halogens is 1. The number of fused-ring (bicyclic) bond motifs is 1. The predicted octanol–water partition coefficient (Wildman–Crippen LogP) is 3.92. The van der Waals surface area contributed by atoms with E-state index in [0.29, 0.717) is 27.2 Å². The van der Waals surface area contributed by atoms with E-state index in [0.717, 1.165) is 0 Å². The molecule has 29 heavy (non-hydrogen) atoms. The van der Waals surface area contributed by atoms with Crippen molar-refractivity contribution in [1.82, 2.24) is 9.97 Å². The number of hydrogen-bond acceptors (Lipinski definition) is 6. The Hall–Kier alpha value is -3.85. The molecule has 2 aromatic heterocycles. The highest BCUT2D eigenvalue weighted by Gasteiger charge is 2.16. The van der Waals surface area contributed by atoms with Gasteiger partial charge in [0.1, 0.15) is 22.8 Å². The number of amides is 2. The summed E-state index contributed by atoms with van der Waals surface area (Å²) in [6, 6.07) is 12.2. The van der Waals surface area contributed by atoms with Crippen LogP contribution in [0.25, 0.3) is 10.2 Å². The van der Waals surface area contributed by atoms with Gasteiger partial charge in [0.15, 0.2) is 0 Å². The Bertz CT molecular complexity index is 1220. The van der Waals surface area contributed by atoms with E-state index in [1.54, 1.807) is 35.7 Å². The monoisotopic (exact) mass is 407 g/mol. The Kier molecular flexibility index (Phi) is 4.88. The number of benzene rings is 2. The number of thiophene rings is 1. The summed E-state index contributed by atoms with van der Waals surface area (Å²) in [5.74, 6) is -1.26. The number of anilines is 3. The highest BCUT2D eigenvalue weighted by Crippen LogP contribution is 2.28. The van der Waals surface area contributed by atoms with Crippen LogP contribution in [-0.2, 0) is 0 Å². The van der Waals surface area contributed by atoms with Gasteiger partial charge < -0.3 is 16.4 Å². The summed E-state index contributed by atoms with van der Waals surface area (Å²) < 4.78 is 13.7. The van der Waals surface area contributed by atoms with E-state index in [-0.39, 0.29) is 17.3 Å². The molecule has 4 N–H and O–H groups in total. The third-order valence-electron chi connectivity index (χ3n) is 4.16. The van der Waals surface area contributed by atoms with Crippen LogP contribution in [0.3, 0.4) is 0 Å². The van der Waals surface area contributed by atoms with Crippen LogP contribution in [0.15, 0.2) is 60.2 Å². The topological polar surface area (TPSA) is 110 Å². The Morgan fingerprint density at radius 1 is 0.897 bits per heavy atom. The van der Waals surface area contributed by atoms with Crippen LogP contribution < -0.4 is 16.4 Å². The first-order chi connectivity index (χ1) is 14.0. The lowest BCUT2D eigenvalue weighted by Crippen LogP contribution is -2.14. The number of nitrogens with one attached hydrogen (secondary N) is 2. The summed E-state index contributed by atoms with van der Waals surface area (Å²) in [4.78, 5) is 33.4. The number of nitrogen functional groups attached to an aromatic ring is 1. The van der Waals surface area contributed by atoms with Gasteiger partial charge in [0.2, 0.25) is 0 Å². The van der Waals surface area contributed by atoms with Gasteiger partial charge in [-0.3, -0.25) is 9.59 Å². The molecule has 7 nitrogen and oxygen atoms in total. The summed E-state index contributed by atoms with van der Waals surface area (Å²) in [7, 11) is 0. The van der Waals surface area contributed by atoms with Gasteiger partial charge >= 0.3 is 0 Å². The molecule has 4 aromatic rings. The molecule has 0 unspecified atom stereocenters. The van der Waals surface area contributed by atoms with Crippen molar-refractivity contribution in [2.24, 2.45) is 0 Å². The first kappa shape index (κ1) is 18.5. The molecule has 9 heteroatoms. The second-order valence-corrected chi connectivity index (χ2v) is 6.91. The molecule has 144 valence electrons. The maximum Gasteiger partial charge on any atom is 0.258 e. The summed E-state index contributed by atoms with van der Waals surface area (Å²) in [6.07, 6.45) is 1.35. The van der Waals surface area contributed by atoms with Crippen molar-refractivity contribution in [2.45, 2.75) is 0 Å². The van der Waals surface area contributed by atoms with E-state index >= 15 is 0 Å². The Morgan fingerprint density at radius 2 is 1.52 bits per heavy atom. The molecule has 2 amide bonds. The van der Waals surface area contributed by atoms with Crippen molar-refractivity contribution in [1.29, 1.82) is 0 Å². The third kappa shape index (κ3) is 3.76. The van der Waals surface area contributed by atoms with Crippen molar-refractivity contribution in [3.05, 3.63) is 77.2 Å². The zero-order valence-corrected chi connectivity index (χ0v) is 15.7. The van der Waals surface area contributed by atoms with Crippen molar-refractivity contribution in [3.63, 3.8) is 0 Å². The molecule has 2 heterocycles. The lowest BCUT2D eigenvalue weighted by Gasteiger charge is -2.08. The maximum atomic E-state index is 13.7. The van der Waals surface area contributed by atoms with Crippen LogP contribution >= 0.6 is 11.3 Å². The molecule has 0 aliphatic heterocycles. The van der Waals surface area contributed by atoms with Crippen LogP contribution in [0.1, 0.15) is 20.7 Å². The fraction of sp³-hybridized carbons (Fsp3) is 0. The Morgan fingerprint density at radius 3 is 2.17 bits per heavy atom. The lowest BCUT2D eigenvalue weighted by atomic mass is 10.2. The van der Waals surface area contributed by atoms with Gasteiger partial charge in [0, 0.05) is 16.8 Å². The minimum atomic E-state index is -0.597. The second kappa shape index (κ2) is 7.64. The highest BCUT2D eigenvalue weighted by molar-refractivity contribution is 7.17. The highest BCUT2D eigenvalue weighted by atomic mass is 32.1. The van der Waals surface area contributed by atoms with E-state index in [1.165, 1.54) is 35.9 Å². The molecule has 0 saturated heterocycles. The summed E-state index contributed by atoms with van der Waals surface area (Å²) in [5, 5.41) is 7.58. The van der Waals surface area contributed by atoms with Gasteiger partial charge in [-0.05, 0) is 36.4 Å². The fourth-order valence-corrected chi connectivity index (χ4v) is 3.64. The van der Waals surface area contributed by atoms with Crippen molar-refractivity contribution in [2.75, 3.05) is 16.4 Å². The predicted molar refractivity (Wildman–Crippen MR) is 111 cm³/mol. The Labute approximate surface area is 168 Å². The molecule has 0 fully saturated rings. The number of rotatable bonds is 4. The van der Waals surface area contributed by atoms with Gasteiger partial charge in [0.25, 0.3) is 11.8 Å². The number of aromatic nitrogens is 2. The second-order valence-electron chi connectivity index (χ2n) is 6.05. The van der Waals surface area contributed by atoms with Crippen LogP contribution in [0, 0.1) is 5.82 Å². The SMILES string of the molecule is Nc1ncnc2scc(C(=O)Nc3ccc(NC(=O)c4ccccc4F)cc3)c12. The van der Waals surface area contributed by atoms with E-state index < -0.39 is 11.7 Å². The molecule has 0 aliphatic rings. The molecule has 0 bridgehead atoms. The van der Waals surface area contributed by atoms with Gasteiger partial charge in [0.05, 0.1) is 16.5 Å².